The number of sulfone groups is 1. The van der Waals surface area contributed by atoms with E-state index in [0.29, 0.717) is 12.1 Å². The number of thiazole rings is 1. The van der Waals surface area contributed by atoms with Crippen LogP contribution in [0.1, 0.15) is 6.42 Å². The first-order valence-electron chi connectivity index (χ1n) is 9.99. The second-order valence-corrected chi connectivity index (χ2v) is 10.8. The molecule has 1 unspecified atom stereocenters. The minimum Gasteiger partial charge on any atom is -0.378 e. The van der Waals surface area contributed by atoms with E-state index in [1.807, 2.05) is 34.5 Å². The molecule has 8 nitrogen and oxygen atoms in total. The van der Waals surface area contributed by atoms with Gasteiger partial charge in [-0.2, -0.15) is 0 Å². The van der Waals surface area contributed by atoms with Crippen LogP contribution in [-0.2, 0) is 19.4 Å². The van der Waals surface area contributed by atoms with E-state index in [2.05, 4.69) is 10.2 Å². The lowest BCUT2D eigenvalue weighted by Crippen LogP contribution is -2.38. The summed E-state index contributed by atoms with van der Waals surface area (Å²) in [6, 6.07) is 7.53. The maximum Gasteiger partial charge on any atom is 0.238 e. The Morgan fingerprint density at radius 2 is 2.03 bits per heavy atom. The van der Waals surface area contributed by atoms with Gasteiger partial charge in [-0.05, 0) is 25.6 Å². The van der Waals surface area contributed by atoms with Crippen LogP contribution in [-0.4, -0.2) is 81.7 Å². The van der Waals surface area contributed by atoms with Gasteiger partial charge in [0, 0.05) is 35.8 Å². The Bertz CT molecular complexity index is 984. The lowest BCUT2D eigenvalue weighted by atomic mass is 10.1. The lowest BCUT2D eigenvalue weighted by Gasteiger charge is -2.26. The quantitative estimate of drug-likeness (QED) is 0.716. The van der Waals surface area contributed by atoms with Crippen LogP contribution in [0.15, 0.2) is 29.6 Å². The molecule has 1 N–H and O–H groups in total. The SMILES string of the molecule is CN(CC(=O)Nc1ccc(-c2csc(N3CCOCC3)n2)cc1)C1CCS(=O)(=O)C1. The molecule has 1 aromatic heterocycles. The van der Waals surface area contributed by atoms with E-state index in [0.717, 1.165) is 42.7 Å². The second kappa shape index (κ2) is 9.01. The highest BCUT2D eigenvalue weighted by Crippen LogP contribution is 2.28. The average Bonchev–Trinajstić information content (AvgIpc) is 3.36. The van der Waals surface area contributed by atoms with Crippen molar-refractivity contribution in [2.24, 2.45) is 0 Å². The molecule has 2 aliphatic heterocycles. The number of carbonyl (C=O) groups excluding carboxylic acids is 1. The van der Waals surface area contributed by atoms with Gasteiger partial charge in [0.25, 0.3) is 0 Å². The minimum absolute atomic E-state index is 0.0894. The van der Waals surface area contributed by atoms with Crippen LogP contribution in [0.5, 0.6) is 0 Å². The zero-order chi connectivity index (χ0) is 21.1. The highest BCUT2D eigenvalue weighted by molar-refractivity contribution is 7.91. The summed E-state index contributed by atoms with van der Waals surface area (Å²) in [6.07, 6.45) is 0.584. The molecule has 0 aliphatic carbocycles. The first-order valence-corrected chi connectivity index (χ1v) is 12.7. The molecule has 0 spiro atoms. The van der Waals surface area contributed by atoms with Crippen LogP contribution < -0.4 is 10.2 Å². The van der Waals surface area contributed by atoms with Crippen LogP contribution in [0, 0.1) is 0 Å². The van der Waals surface area contributed by atoms with Gasteiger partial charge in [-0.25, -0.2) is 13.4 Å². The summed E-state index contributed by atoms with van der Waals surface area (Å²) >= 11 is 1.63. The molecule has 0 radical (unpaired) electrons. The van der Waals surface area contributed by atoms with E-state index in [-0.39, 0.29) is 30.0 Å². The number of hydrogen-bond donors (Lipinski definition) is 1. The van der Waals surface area contributed by atoms with Gasteiger partial charge in [0.15, 0.2) is 15.0 Å². The molecule has 0 bridgehead atoms. The summed E-state index contributed by atoms with van der Waals surface area (Å²) in [7, 11) is -1.17. The van der Waals surface area contributed by atoms with Crippen molar-refractivity contribution in [2.45, 2.75) is 12.5 Å². The molecule has 30 heavy (non-hydrogen) atoms. The van der Waals surface area contributed by atoms with E-state index < -0.39 is 9.84 Å². The van der Waals surface area contributed by atoms with Crippen molar-refractivity contribution in [1.29, 1.82) is 0 Å². The summed E-state index contributed by atoms with van der Waals surface area (Å²) in [6.45, 7) is 3.35. The summed E-state index contributed by atoms with van der Waals surface area (Å²) < 4.78 is 28.6. The number of anilines is 2. The summed E-state index contributed by atoms with van der Waals surface area (Å²) in [5, 5.41) is 5.93. The number of rotatable bonds is 6. The Balaban J connectivity index is 1.32. The Morgan fingerprint density at radius 3 is 2.70 bits per heavy atom. The van der Waals surface area contributed by atoms with E-state index in [9.17, 15) is 13.2 Å². The molecule has 2 aliphatic rings. The fourth-order valence-electron chi connectivity index (χ4n) is 3.70. The zero-order valence-corrected chi connectivity index (χ0v) is 18.5. The molecular formula is C20H26N4O4S2. The van der Waals surface area contributed by atoms with E-state index in [4.69, 9.17) is 9.72 Å². The predicted octanol–water partition coefficient (Wildman–Crippen LogP) is 1.70. The maximum absolute atomic E-state index is 12.3. The molecular weight excluding hydrogens is 424 g/mol. The largest absolute Gasteiger partial charge is 0.378 e. The normalized spacial score (nSPS) is 21.1. The summed E-state index contributed by atoms with van der Waals surface area (Å²) in [5.74, 6) is 0.179. The zero-order valence-electron chi connectivity index (χ0n) is 16.9. The number of amides is 1. The van der Waals surface area contributed by atoms with Gasteiger partial charge in [-0.1, -0.05) is 12.1 Å². The molecule has 4 rings (SSSR count). The van der Waals surface area contributed by atoms with Crippen LogP contribution in [0.4, 0.5) is 10.8 Å². The number of morpholine rings is 1. The minimum atomic E-state index is -2.96. The molecule has 1 atom stereocenters. The number of nitrogens with zero attached hydrogens (tertiary/aromatic N) is 3. The fraction of sp³-hybridized carbons (Fsp3) is 0.500. The van der Waals surface area contributed by atoms with Gasteiger partial charge in [0.05, 0.1) is 37.0 Å². The maximum atomic E-state index is 12.3. The predicted molar refractivity (Wildman–Crippen MR) is 119 cm³/mol. The molecule has 1 amide bonds. The standard InChI is InChI=1S/C20H26N4O4S2/c1-23(17-6-11-30(26,27)14-17)12-19(25)21-16-4-2-15(3-5-16)18-13-29-20(22-18)24-7-9-28-10-8-24/h2-5,13,17H,6-12,14H2,1H3,(H,21,25). The van der Waals surface area contributed by atoms with Crippen molar-refractivity contribution >= 4 is 37.9 Å². The third kappa shape index (κ3) is 5.18. The number of hydrogen-bond acceptors (Lipinski definition) is 8. The topological polar surface area (TPSA) is 91.8 Å². The Morgan fingerprint density at radius 1 is 1.30 bits per heavy atom. The van der Waals surface area contributed by atoms with Gasteiger partial charge in [0.2, 0.25) is 5.91 Å². The van der Waals surface area contributed by atoms with E-state index in [1.165, 1.54) is 0 Å². The van der Waals surface area contributed by atoms with Crippen molar-refractivity contribution in [3.63, 3.8) is 0 Å². The van der Waals surface area contributed by atoms with E-state index in [1.54, 1.807) is 18.4 Å². The fourth-order valence-corrected chi connectivity index (χ4v) is 6.39. The van der Waals surface area contributed by atoms with Gasteiger partial charge >= 0.3 is 0 Å². The molecule has 2 aromatic rings. The molecule has 2 fully saturated rings. The van der Waals surface area contributed by atoms with E-state index >= 15 is 0 Å². The Labute approximate surface area is 180 Å². The van der Waals surface area contributed by atoms with Crippen molar-refractivity contribution in [3.05, 3.63) is 29.6 Å². The summed E-state index contributed by atoms with van der Waals surface area (Å²) in [4.78, 5) is 21.1. The third-order valence-corrected chi connectivity index (χ3v) is 8.11. The second-order valence-electron chi connectivity index (χ2n) is 7.71. The molecule has 2 saturated heterocycles. The first-order chi connectivity index (χ1) is 14.4. The van der Waals surface area contributed by atoms with Crippen molar-refractivity contribution < 1.29 is 17.9 Å². The van der Waals surface area contributed by atoms with Crippen molar-refractivity contribution in [2.75, 3.05) is 61.6 Å². The van der Waals surface area contributed by atoms with Gasteiger partial charge < -0.3 is 15.0 Å². The van der Waals surface area contributed by atoms with Crippen molar-refractivity contribution in [1.82, 2.24) is 9.88 Å². The highest BCUT2D eigenvalue weighted by Gasteiger charge is 2.31. The molecule has 1 aromatic carbocycles. The smallest absolute Gasteiger partial charge is 0.238 e. The number of ether oxygens (including phenoxy) is 1. The van der Waals surface area contributed by atoms with Crippen LogP contribution in [0.2, 0.25) is 0 Å². The monoisotopic (exact) mass is 450 g/mol. The first kappa shape index (κ1) is 21.2. The highest BCUT2D eigenvalue weighted by atomic mass is 32.2. The number of benzene rings is 1. The number of carbonyl (C=O) groups is 1. The Kier molecular flexibility index (Phi) is 6.37. The molecule has 3 heterocycles. The molecule has 162 valence electrons. The van der Waals surface area contributed by atoms with Gasteiger partial charge in [0.1, 0.15) is 0 Å². The Hall–Kier alpha value is -2.01. The van der Waals surface area contributed by atoms with Crippen LogP contribution >= 0.6 is 11.3 Å². The van der Waals surface area contributed by atoms with Crippen molar-refractivity contribution in [3.8, 4) is 11.3 Å². The number of nitrogens with one attached hydrogen (secondary N) is 1. The van der Waals surface area contributed by atoms with Crippen LogP contribution in [0.25, 0.3) is 11.3 Å². The number of aromatic nitrogens is 1. The van der Waals surface area contributed by atoms with Gasteiger partial charge in [-0.15, -0.1) is 11.3 Å². The average molecular weight is 451 g/mol. The number of likely N-dealkylation sites (N-methyl/N-ethyl adjacent to an activating group) is 1. The molecule has 10 heteroatoms. The summed E-state index contributed by atoms with van der Waals surface area (Å²) in [5.41, 5.74) is 2.62. The third-order valence-electron chi connectivity index (χ3n) is 5.46. The van der Waals surface area contributed by atoms with Gasteiger partial charge in [-0.3, -0.25) is 9.69 Å². The lowest BCUT2D eigenvalue weighted by molar-refractivity contribution is -0.117. The molecule has 0 saturated carbocycles. The van der Waals surface area contributed by atoms with Crippen LogP contribution in [0.3, 0.4) is 0 Å².